The van der Waals surface area contributed by atoms with Crippen LogP contribution < -0.4 is 11.1 Å². The molecule has 2 heteroatoms. The van der Waals surface area contributed by atoms with E-state index in [1.165, 1.54) is 51.5 Å². The molecule has 0 heterocycles. The van der Waals surface area contributed by atoms with Crippen molar-refractivity contribution in [1.29, 1.82) is 0 Å². The zero-order valence-electron chi connectivity index (χ0n) is 11.6. The SMILES string of the molecule is CCCCC(C)NCCCC(CC)CCN. The predicted octanol–water partition coefficient (Wildman–Crippen LogP) is 3.31. The summed E-state index contributed by atoms with van der Waals surface area (Å²) in [6.07, 6.45) is 9.08. The number of nitrogens with two attached hydrogens (primary N) is 1. The lowest BCUT2D eigenvalue weighted by molar-refractivity contribution is 0.408. The molecular formula is C14H32N2. The van der Waals surface area contributed by atoms with Crippen molar-refractivity contribution < 1.29 is 0 Å². The zero-order chi connectivity index (χ0) is 12.2. The molecule has 0 aromatic rings. The molecule has 2 unspecified atom stereocenters. The molecule has 0 aromatic heterocycles. The summed E-state index contributed by atoms with van der Waals surface area (Å²) in [5, 5.41) is 3.61. The summed E-state index contributed by atoms with van der Waals surface area (Å²) < 4.78 is 0. The van der Waals surface area contributed by atoms with Crippen LogP contribution in [0.1, 0.15) is 65.7 Å². The van der Waals surface area contributed by atoms with E-state index in [1.54, 1.807) is 0 Å². The first-order valence-electron chi connectivity index (χ1n) is 7.18. The van der Waals surface area contributed by atoms with Gasteiger partial charge in [-0.3, -0.25) is 0 Å². The third-order valence-electron chi connectivity index (χ3n) is 3.42. The lowest BCUT2D eigenvalue weighted by Gasteiger charge is -2.16. The van der Waals surface area contributed by atoms with Crippen LogP contribution in [0.25, 0.3) is 0 Å². The maximum Gasteiger partial charge on any atom is 0.00387 e. The van der Waals surface area contributed by atoms with Crippen LogP contribution in [0.4, 0.5) is 0 Å². The summed E-state index contributed by atoms with van der Waals surface area (Å²) in [4.78, 5) is 0. The second kappa shape index (κ2) is 11.4. The Labute approximate surface area is 102 Å². The van der Waals surface area contributed by atoms with Crippen molar-refractivity contribution in [2.45, 2.75) is 71.8 Å². The molecule has 0 aliphatic heterocycles. The van der Waals surface area contributed by atoms with Gasteiger partial charge in [-0.1, -0.05) is 33.1 Å². The van der Waals surface area contributed by atoms with E-state index >= 15 is 0 Å². The molecule has 0 aromatic carbocycles. The van der Waals surface area contributed by atoms with Crippen LogP contribution in [0.3, 0.4) is 0 Å². The smallest absolute Gasteiger partial charge is 0.00387 e. The van der Waals surface area contributed by atoms with Crippen LogP contribution >= 0.6 is 0 Å². The largest absolute Gasteiger partial charge is 0.330 e. The normalized spacial score (nSPS) is 15.0. The summed E-state index contributed by atoms with van der Waals surface area (Å²) in [5.41, 5.74) is 5.60. The van der Waals surface area contributed by atoms with Crippen molar-refractivity contribution in [3.63, 3.8) is 0 Å². The summed E-state index contributed by atoms with van der Waals surface area (Å²) in [6, 6.07) is 0.689. The van der Waals surface area contributed by atoms with E-state index in [9.17, 15) is 0 Å². The molecule has 0 fully saturated rings. The maximum absolute atomic E-state index is 5.60. The fourth-order valence-corrected chi connectivity index (χ4v) is 2.14. The van der Waals surface area contributed by atoms with E-state index in [4.69, 9.17) is 5.73 Å². The van der Waals surface area contributed by atoms with Crippen molar-refractivity contribution in [1.82, 2.24) is 5.32 Å². The van der Waals surface area contributed by atoms with Crippen molar-refractivity contribution in [2.24, 2.45) is 11.7 Å². The van der Waals surface area contributed by atoms with Gasteiger partial charge in [-0.2, -0.15) is 0 Å². The minimum absolute atomic E-state index is 0.689. The third-order valence-corrected chi connectivity index (χ3v) is 3.42. The average molecular weight is 228 g/mol. The van der Waals surface area contributed by atoms with Crippen LogP contribution in [-0.2, 0) is 0 Å². The first-order chi connectivity index (χ1) is 7.74. The first kappa shape index (κ1) is 15.9. The second-order valence-corrected chi connectivity index (χ2v) is 4.99. The molecule has 98 valence electrons. The summed E-state index contributed by atoms with van der Waals surface area (Å²) in [6.45, 7) is 8.85. The maximum atomic E-state index is 5.60. The first-order valence-corrected chi connectivity index (χ1v) is 7.18. The molecule has 0 aliphatic carbocycles. The molecule has 0 amide bonds. The van der Waals surface area contributed by atoms with Gasteiger partial charge in [0.25, 0.3) is 0 Å². The van der Waals surface area contributed by atoms with Crippen LogP contribution in [0.5, 0.6) is 0 Å². The van der Waals surface area contributed by atoms with E-state index in [2.05, 4.69) is 26.1 Å². The highest BCUT2D eigenvalue weighted by atomic mass is 14.9. The van der Waals surface area contributed by atoms with Gasteiger partial charge in [-0.05, 0) is 51.6 Å². The van der Waals surface area contributed by atoms with E-state index < -0.39 is 0 Å². The van der Waals surface area contributed by atoms with Gasteiger partial charge in [0, 0.05) is 6.04 Å². The Morgan fingerprint density at radius 3 is 2.38 bits per heavy atom. The molecule has 2 nitrogen and oxygen atoms in total. The Bertz CT molecular complexity index is 137. The standard InChI is InChI=1S/C14H32N2/c1-4-6-8-13(3)16-12-7-9-14(5-2)10-11-15/h13-14,16H,4-12,15H2,1-3H3. The Kier molecular flexibility index (Phi) is 11.3. The molecule has 0 radical (unpaired) electrons. The summed E-state index contributed by atoms with van der Waals surface area (Å²) in [7, 11) is 0. The van der Waals surface area contributed by atoms with E-state index in [-0.39, 0.29) is 0 Å². The molecular weight excluding hydrogens is 196 g/mol. The highest BCUT2D eigenvalue weighted by Crippen LogP contribution is 2.13. The molecule has 0 saturated heterocycles. The predicted molar refractivity (Wildman–Crippen MR) is 73.7 cm³/mol. The van der Waals surface area contributed by atoms with Gasteiger partial charge in [0.05, 0.1) is 0 Å². The number of nitrogens with one attached hydrogen (secondary N) is 1. The number of rotatable bonds is 11. The Balaban J connectivity index is 3.36. The number of hydrogen-bond acceptors (Lipinski definition) is 2. The van der Waals surface area contributed by atoms with Crippen molar-refractivity contribution in [3.8, 4) is 0 Å². The highest BCUT2D eigenvalue weighted by Gasteiger charge is 2.05. The molecule has 3 N–H and O–H groups in total. The molecule has 16 heavy (non-hydrogen) atoms. The molecule has 0 aliphatic rings. The van der Waals surface area contributed by atoms with Crippen molar-refractivity contribution in [2.75, 3.05) is 13.1 Å². The fourth-order valence-electron chi connectivity index (χ4n) is 2.14. The van der Waals surface area contributed by atoms with Crippen molar-refractivity contribution >= 4 is 0 Å². The van der Waals surface area contributed by atoms with E-state index in [0.717, 1.165) is 12.5 Å². The fraction of sp³-hybridized carbons (Fsp3) is 1.00. The monoisotopic (exact) mass is 228 g/mol. The van der Waals surface area contributed by atoms with Crippen LogP contribution in [0, 0.1) is 5.92 Å². The quantitative estimate of drug-likeness (QED) is 0.532. The Morgan fingerprint density at radius 2 is 1.81 bits per heavy atom. The van der Waals surface area contributed by atoms with Gasteiger partial charge < -0.3 is 11.1 Å². The third kappa shape index (κ3) is 9.17. The lowest BCUT2D eigenvalue weighted by Crippen LogP contribution is -2.27. The van der Waals surface area contributed by atoms with E-state index in [1.807, 2.05) is 0 Å². The topological polar surface area (TPSA) is 38.0 Å². The van der Waals surface area contributed by atoms with Gasteiger partial charge in [0.2, 0.25) is 0 Å². The molecule has 2 atom stereocenters. The Hall–Kier alpha value is -0.0800. The van der Waals surface area contributed by atoms with Gasteiger partial charge in [0.15, 0.2) is 0 Å². The number of unbranched alkanes of at least 4 members (excludes halogenated alkanes) is 1. The van der Waals surface area contributed by atoms with Gasteiger partial charge in [0.1, 0.15) is 0 Å². The highest BCUT2D eigenvalue weighted by molar-refractivity contribution is 4.63. The van der Waals surface area contributed by atoms with Crippen molar-refractivity contribution in [3.05, 3.63) is 0 Å². The molecule has 0 bridgehead atoms. The van der Waals surface area contributed by atoms with Crippen LogP contribution in [-0.4, -0.2) is 19.1 Å². The molecule has 0 spiro atoms. The summed E-state index contributed by atoms with van der Waals surface area (Å²) >= 11 is 0. The van der Waals surface area contributed by atoms with Gasteiger partial charge in [-0.15, -0.1) is 0 Å². The minimum atomic E-state index is 0.689. The minimum Gasteiger partial charge on any atom is -0.330 e. The summed E-state index contributed by atoms with van der Waals surface area (Å²) in [5.74, 6) is 0.845. The lowest BCUT2D eigenvalue weighted by atomic mass is 9.96. The van der Waals surface area contributed by atoms with E-state index in [0.29, 0.717) is 6.04 Å². The average Bonchev–Trinajstić information content (AvgIpc) is 2.30. The number of hydrogen-bond donors (Lipinski definition) is 2. The van der Waals surface area contributed by atoms with Crippen LogP contribution in [0.2, 0.25) is 0 Å². The van der Waals surface area contributed by atoms with Gasteiger partial charge in [-0.25, -0.2) is 0 Å². The second-order valence-electron chi connectivity index (χ2n) is 4.99. The van der Waals surface area contributed by atoms with Crippen LogP contribution in [0.15, 0.2) is 0 Å². The van der Waals surface area contributed by atoms with Gasteiger partial charge >= 0.3 is 0 Å². The zero-order valence-corrected chi connectivity index (χ0v) is 11.6. The molecule has 0 saturated carbocycles. The molecule has 0 rings (SSSR count). The Morgan fingerprint density at radius 1 is 1.06 bits per heavy atom.